The van der Waals surface area contributed by atoms with Crippen molar-refractivity contribution in [2.24, 2.45) is 0 Å². The van der Waals surface area contributed by atoms with Crippen LogP contribution in [-0.2, 0) is 9.53 Å². The zero-order valence-electron chi connectivity index (χ0n) is 7.44. The molecule has 0 aromatic rings. The Morgan fingerprint density at radius 2 is 2.08 bits per heavy atom. The van der Waals surface area contributed by atoms with Crippen molar-refractivity contribution in [2.45, 2.75) is 25.6 Å². The molecule has 13 heavy (non-hydrogen) atoms. The fourth-order valence-corrected chi connectivity index (χ4v) is 0.778. The van der Waals surface area contributed by atoms with Gasteiger partial charge in [-0.2, -0.15) is 13.2 Å². The number of hydrogen-bond donors (Lipinski definition) is 1. The Labute approximate surface area is 74.3 Å². The third-order valence-electron chi connectivity index (χ3n) is 1.36. The Balaban J connectivity index is 4.10. The molecule has 0 rings (SSSR count). The maximum absolute atomic E-state index is 11.8. The smallest absolute Gasteiger partial charge is 0.391 e. The van der Waals surface area contributed by atoms with Crippen molar-refractivity contribution in [1.82, 2.24) is 5.32 Å². The van der Waals surface area contributed by atoms with Crippen molar-refractivity contribution in [3.63, 3.8) is 0 Å². The van der Waals surface area contributed by atoms with Gasteiger partial charge < -0.3 is 10.1 Å². The molecule has 0 radical (unpaired) electrons. The summed E-state index contributed by atoms with van der Waals surface area (Å²) in [6.45, 7) is 1.62. The first-order valence-corrected chi connectivity index (χ1v) is 3.81. The van der Waals surface area contributed by atoms with Gasteiger partial charge in [-0.25, -0.2) is 0 Å². The van der Waals surface area contributed by atoms with Gasteiger partial charge in [0.1, 0.15) is 6.04 Å². The molecular formula is C7H12F3NO2. The van der Waals surface area contributed by atoms with Gasteiger partial charge in [-0.05, 0) is 14.0 Å². The first kappa shape index (κ1) is 12.2. The van der Waals surface area contributed by atoms with Crippen LogP contribution in [0, 0.1) is 0 Å². The molecule has 78 valence electrons. The largest absolute Gasteiger partial charge is 0.465 e. The predicted octanol–water partition coefficient (Wildman–Crippen LogP) is 1.09. The monoisotopic (exact) mass is 199 g/mol. The van der Waals surface area contributed by atoms with E-state index in [0.29, 0.717) is 0 Å². The summed E-state index contributed by atoms with van der Waals surface area (Å²) in [7, 11) is 1.29. The fraction of sp³-hybridized carbons (Fsp3) is 0.857. The van der Waals surface area contributed by atoms with E-state index in [9.17, 15) is 18.0 Å². The maximum Gasteiger partial charge on any atom is 0.391 e. The van der Waals surface area contributed by atoms with Crippen LogP contribution in [-0.4, -0.2) is 31.8 Å². The van der Waals surface area contributed by atoms with Gasteiger partial charge in [-0.15, -0.1) is 0 Å². The second-order valence-electron chi connectivity index (χ2n) is 2.41. The minimum atomic E-state index is -4.36. The van der Waals surface area contributed by atoms with E-state index in [2.05, 4.69) is 10.1 Å². The van der Waals surface area contributed by atoms with Crippen LogP contribution in [0.2, 0.25) is 0 Å². The van der Waals surface area contributed by atoms with Gasteiger partial charge in [0.05, 0.1) is 13.0 Å². The quantitative estimate of drug-likeness (QED) is 0.689. The molecule has 1 atom stereocenters. The molecule has 0 saturated heterocycles. The summed E-state index contributed by atoms with van der Waals surface area (Å²) in [5.41, 5.74) is 0. The fourth-order valence-electron chi connectivity index (χ4n) is 0.778. The van der Waals surface area contributed by atoms with Crippen LogP contribution in [0.4, 0.5) is 13.2 Å². The van der Waals surface area contributed by atoms with E-state index in [1.807, 2.05) is 0 Å². The van der Waals surface area contributed by atoms with Gasteiger partial charge in [0, 0.05) is 0 Å². The lowest BCUT2D eigenvalue weighted by molar-refractivity contribution is -0.162. The molecule has 0 aliphatic carbocycles. The van der Waals surface area contributed by atoms with E-state index in [0.717, 1.165) is 0 Å². The first-order chi connectivity index (χ1) is 5.90. The molecule has 0 fully saturated rings. The SMILES string of the molecule is CCOC(=O)C(CC(F)(F)F)NC. The molecule has 0 amide bonds. The lowest BCUT2D eigenvalue weighted by atomic mass is 10.2. The number of halogens is 3. The molecule has 0 aliphatic heterocycles. The van der Waals surface area contributed by atoms with E-state index in [4.69, 9.17) is 0 Å². The van der Waals surface area contributed by atoms with Crippen molar-refractivity contribution >= 4 is 5.97 Å². The average Bonchev–Trinajstić information content (AvgIpc) is 1.99. The van der Waals surface area contributed by atoms with E-state index in [1.54, 1.807) is 0 Å². The van der Waals surface area contributed by atoms with Gasteiger partial charge in [0.2, 0.25) is 0 Å². The van der Waals surface area contributed by atoms with Crippen LogP contribution in [0.3, 0.4) is 0 Å². The lowest BCUT2D eigenvalue weighted by Gasteiger charge is -2.15. The molecule has 0 spiro atoms. The molecule has 3 nitrogen and oxygen atoms in total. The zero-order valence-corrected chi connectivity index (χ0v) is 7.44. The van der Waals surface area contributed by atoms with Crippen molar-refractivity contribution in [3.05, 3.63) is 0 Å². The summed E-state index contributed by atoms with van der Waals surface area (Å²) in [5, 5.41) is 2.25. The van der Waals surface area contributed by atoms with Crippen LogP contribution >= 0.6 is 0 Å². The molecule has 0 heterocycles. The van der Waals surface area contributed by atoms with Gasteiger partial charge in [-0.3, -0.25) is 4.79 Å². The number of esters is 1. The van der Waals surface area contributed by atoms with Gasteiger partial charge >= 0.3 is 12.1 Å². The molecule has 0 saturated carbocycles. The van der Waals surface area contributed by atoms with Gasteiger partial charge in [0.15, 0.2) is 0 Å². The Morgan fingerprint density at radius 1 is 1.54 bits per heavy atom. The molecule has 1 N–H and O–H groups in total. The Morgan fingerprint density at radius 3 is 2.38 bits per heavy atom. The molecule has 0 aliphatic rings. The standard InChI is InChI=1S/C7H12F3NO2/c1-3-13-6(12)5(11-2)4-7(8,9)10/h5,11H,3-4H2,1-2H3. The van der Waals surface area contributed by atoms with Crippen LogP contribution in [0.25, 0.3) is 0 Å². The van der Waals surface area contributed by atoms with E-state index in [1.165, 1.54) is 14.0 Å². The lowest BCUT2D eigenvalue weighted by Crippen LogP contribution is -2.39. The third-order valence-corrected chi connectivity index (χ3v) is 1.36. The summed E-state index contributed by atoms with van der Waals surface area (Å²) in [6, 6.07) is -1.31. The molecule has 0 bridgehead atoms. The summed E-state index contributed by atoms with van der Waals surface area (Å²) in [6.07, 6.45) is -5.57. The number of carbonyl (C=O) groups excluding carboxylic acids is 1. The minimum Gasteiger partial charge on any atom is -0.465 e. The van der Waals surface area contributed by atoms with E-state index in [-0.39, 0.29) is 6.61 Å². The topological polar surface area (TPSA) is 38.3 Å². The summed E-state index contributed by atoms with van der Waals surface area (Å²) < 4.78 is 40.0. The highest BCUT2D eigenvalue weighted by Crippen LogP contribution is 2.21. The van der Waals surface area contributed by atoms with E-state index >= 15 is 0 Å². The number of hydrogen-bond acceptors (Lipinski definition) is 3. The van der Waals surface area contributed by atoms with E-state index < -0.39 is 24.6 Å². The summed E-state index contributed by atoms with van der Waals surface area (Å²) in [4.78, 5) is 10.9. The molecular weight excluding hydrogens is 187 g/mol. The molecule has 6 heteroatoms. The zero-order chi connectivity index (χ0) is 10.5. The average molecular weight is 199 g/mol. The van der Waals surface area contributed by atoms with Crippen molar-refractivity contribution < 1.29 is 22.7 Å². The van der Waals surface area contributed by atoms with Crippen molar-refractivity contribution in [3.8, 4) is 0 Å². The first-order valence-electron chi connectivity index (χ1n) is 3.81. The Bertz CT molecular complexity index is 170. The highest BCUT2D eigenvalue weighted by molar-refractivity contribution is 5.75. The predicted molar refractivity (Wildman–Crippen MR) is 40.2 cm³/mol. The van der Waals surface area contributed by atoms with Crippen LogP contribution < -0.4 is 5.32 Å². The maximum atomic E-state index is 11.8. The number of ether oxygens (including phenoxy) is 1. The second kappa shape index (κ2) is 5.06. The van der Waals surface area contributed by atoms with Crippen LogP contribution in [0.15, 0.2) is 0 Å². The minimum absolute atomic E-state index is 0.0782. The number of alkyl halides is 3. The van der Waals surface area contributed by atoms with Crippen LogP contribution in [0.5, 0.6) is 0 Å². The van der Waals surface area contributed by atoms with Crippen molar-refractivity contribution in [1.29, 1.82) is 0 Å². The van der Waals surface area contributed by atoms with Gasteiger partial charge in [0.25, 0.3) is 0 Å². The molecule has 1 unspecified atom stereocenters. The molecule has 0 aromatic carbocycles. The number of rotatable bonds is 4. The normalized spacial score (nSPS) is 13.9. The third kappa shape index (κ3) is 5.46. The van der Waals surface area contributed by atoms with Crippen LogP contribution in [0.1, 0.15) is 13.3 Å². The highest BCUT2D eigenvalue weighted by Gasteiger charge is 2.35. The highest BCUT2D eigenvalue weighted by atomic mass is 19.4. The number of carbonyl (C=O) groups is 1. The Hall–Kier alpha value is -0.780. The number of nitrogens with one attached hydrogen (secondary N) is 1. The van der Waals surface area contributed by atoms with Crippen molar-refractivity contribution in [2.75, 3.05) is 13.7 Å². The number of likely N-dealkylation sites (N-methyl/N-ethyl adjacent to an activating group) is 1. The second-order valence-corrected chi connectivity index (χ2v) is 2.41. The summed E-state index contributed by atoms with van der Waals surface area (Å²) in [5.74, 6) is -0.873. The molecule has 0 aromatic heterocycles. The van der Waals surface area contributed by atoms with Gasteiger partial charge in [-0.1, -0.05) is 0 Å². The Kier molecular flexibility index (Phi) is 4.76. The summed E-state index contributed by atoms with van der Waals surface area (Å²) >= 11 is 0.